The molecular weight excluding hydrogens is 382 g/mol. The smallest absolute Gasteiger partial charge is 0.315 e. The SMILES string of the molecule is O=C1Cc2c(I)ccc(I)c2O1. The molecule has 4 heteroatoms. The molecule has 0 N–H and O–H groups in total. The van der Waals surface area contributed by atoms with Gasteiger partial charge in [0.25, 0.3) is 0 Å². The molecule has 0 unspecified atom stereocenters. The minimum atomic E-state index is -0.146. The molecule has 0 spiro atoms. The third-order valence-corrected chi connectivity index (χ3v) is 3.55. The summed E-state index contributed by atoms with van der Waals surface area (Å²) >= 11 is 4.39. The first kappa shape index (κ1) is 8.74. The van der Waals surface area contributed by atoms with Gasteiger partial charge in [-0.1, -0.05) is 0 Å². The average Bonchev–Trinajstić information content (AvgIpc) is 2.41. The zero-order valence-corrected chi connectivity index (χ0v) is 10.2. The van der Waals surface area contributed by atoms with Crippen molar-refractivity contribution >= 4 is 51.2 Å². The van der Waals surface area contributed by atoms with Crippen molar-refractivity contribution in [3.05, 3.63) is 24.8 Å². The Hall–Kier alpha value is 0.150. The Morgan fingerprint density at radius 1 is 1.25 bits per heavy atom. The molecule has 0 amide bonds. The molecular formula is C8H4I2O2. The predicted octanol–water partition coefficient (Wildman–Crippen LogP) is 2.36. The Labute approximate surface area is 97.0 Å². The van der Waals surface area contributed by atoms with Crippen molar-refractivity contribution in [2.75, 3.05) is 0 Å². The van der Waals surface area contributed by atoms with Crippen LogP contribution >= 0.6 is 45.2 Å². The molecule has 2 rings (SSSR count). The molecule has 12 heavy (non-hydrogen) atoms. The Balaban J connectivity index is 2.64. The van der Waals surface area contributed by atoms with Crippen LogP contribution in [0.4, 0.5) is 0 Å². The molecule has 0 saturated heterocycles. The lowest BCUT2D eigenvalue weighted by Gasteiger charge is -2.01. The minimum Gasteiger partial charge on any atom is -0.425 e. The molecule has 0 bridgehead atoms. The van der Waals surface area contributed by atoms with Gasteiger partial charge in [-0.2, -0.15) is 0 Å². The first-order valence-corrected chi connectivity index (χ1v) is 5.52. The van der Waals surface area contributed by atoms with E-state index in [4.69, 9.17) is 4.74 Å². The van der Waals surface area contributed by atoms with Crippen LogP contribution in [0.15, 0.2) is 12.1 Å². The summed E-state index contributed by atoms with van der Waals surface area (Å²) in [4.78, 5) is 11.0. The van der Waals surface area contributed by atoms with Gasteiger partial charge in [0.2, 0.25) is 0 Å². The van der Waals surface area contributed by atoms with Gasteiger partial charge in [-0.25, -0.2) is 0 Å². The van der Waals surface area contributed by atoms with Crippen LogP contribution in [-0.2, 0) is 11.2 Å². The first-order chi connectivity index (χ1) is 5.68. The normalized spacial score (nSPS) is 14.3. The maximum absolute atomic E-state index is 11.0. The monoisotopic (exact) mass is 386 g/mol. The van der Waals surface area contributed by atoms with E-state index in [0.717, 1.165) is 18.5 Å². The van der Waals surface area contributed by atoms with Gasteiger partial charge < -0.3 is 4.74 Å². The third kappa shape index (κ3) is 1.34. The highest BCUT2D eigenvalue weighted by Gasteiger charge is 2.24. The number of benzene rings is 1. The Morgan fingerprint density at radius 2 is 1.92 bits per heavy atom. The second-order valence-electron chi connectivity index (χ2n) is 2.49. The number of hydrogen-bond acceptors (Lipinski definition) is 2. The van der Waals surface area contributed by atoms with Crippen LogP contribution in [0.5, 0.6) is 5.75 Å². The molecule has 0 saturated carbocycles. The first-order valence-electron chi connectivity index (χ1n) is 3.36. The number of rotatable bonds is 0. The molecule has 0 atom stereocenters. The van der Waals surface area contributed by atoms with E-state index in [2.05, 4.69) is 45.2 Å². The molecule has 1 heterocycles. The molecule has 1 aliphatic rings. The number of ether oxygens (including phenoxy) is 1. The summed E-state index contributed by atoms with van der Waals surface area (Å²) in [6.45, 7) is 0. The molecule has 1 aromatic rings. The van der Waals surface area contributed by atoms with Crippen LogP contribution < -0.4 is 4.74 Å². The van der Waals surface area contributed by atoms with Gasteiger partial charge in [0.05, 0.1) is 9.99 Å². The molecule has 1 aromatic carbocycles. The second-order valence-corrected chi connectivity index (χ2v) is 4.81. The van der Waals surface area contributed by atoms with Gasteiger partial charge in [0, 0.05) is 9.13 Å². The Bertz CT molecular complexity index is 327. The predicted molar refractivity (Wildman–Crippen MR) is 61.2 cm³/mol. The van der Waals surface area contributed by atoms with Crippen LogP contribution in [0, 0.1) is 7.14 Å². The molecule has 0 radical (unpaired) electrons. The number of halogens is 2. The summed E-state index contributed by atoms with van der Waals surface area (Å²) in [5.41, 5.74) is 1.03. The van der Waals surface area contributed by atoms with E-state index in [0.29, 0.717) is 6.42 Å². The highest BCUT2D eigenvalue weighted by Crippen LogP contribution is 2.34. The van der Waals surface area contributed by atoms with Gasteiger partial charge in [-0.05, 0) is 57.3 Å². The summed E-state index contributed by atoms with van der Waals surface area (Å²) in [6, 6.07) is 3.96. The van der Waals surface area contributed by atoms with Crippen LogP contribution in [-0.4, -0.2) is 5.97 Å². The maximum atomic E-state index is 11.0. The number of esters is 1. The van der Waals surface area contributed by atoms with E-state index < -0.39 is 0 Å². The van der Waals surface area contributed by atoms with Crippen LogP contribution in [0.3, 0.4) is 0 Å². The molecule has 0 aliphatic carbocycles. The number of hydrogen-bond donors (Lipinski definition) is 0. The number of carbonyl (C=O) groups is 1. The van der Waals surface area contributed by atoms with Gasteiger partial charge in [0.15, 0.2) is 0 Å². The van der Waals surface area contributed by atoms with Crippen molar-refractivity contribution < 1.29 is 9.53 Å². The van der Waals surface area contributed by atoms with E-state index in [1.807, 2.05) is 12.1 Å². The van der Waals surface area contributed by atoms with Gasteiger partial charge in [-0.15, -0.1) is 0 Å². The third-order valence-electron chi connectivity index (χ3n) is 1.69. The van der Waals surface area contributed by atoms with Crippen molar-refractivity contribution in [3.8, 4) is 5.75 Å². The number of fused-ring (bicyclic) bond motifs is 1. The van der Waals surface area contributed by atoms with Gasteiger partial charge >= 0.3 is 5.97 Å². The van der Waals surface area contributed by atoms with Gasteiger partial charge in [0.1, 0.15) is 5.75 Å². The summed E-state index contributed by atoms with van der Waals surface area (Å²) in [6.07, 6.45) is 0.421. The van der Waals surface area contributed by atoms with Crippen LogP contribution in [0.1, 0.15) is 5.56 Å². The van der Waals surface area contributed by atoms with Crippen LogP contribution in [0.25, 0.3) is 0 Å². The Morgan fingerprint density at radius 3 is 2.58 bits per heavy atom. The minimum absolute atomic E-state index is 0.146. The summed E-state index contributed by atoms with van der Waals surface area (Å²) in [5, 5.41) is 0. The largest absolute Gasteiger partial charge is 0.425 e. The molecule has 1 aliphatic heterocycles. The summed E-state index contributed by atoms with van der Waals surface area (Å²) in [7, 11) is 0. The van der Waals surface area contributed by atoms with E-state index >= 15 is 0 Å². The molecule has 62 valence electrons. The average molecular weight is 386 g/mol. The maximum Gasteiger partial charge on any atom is 0.315 e. The van der Waals surface area contributed by atoms with Crippen LogP contribution in [0.2, 0.25) is 0 Å². The van der Waals surface area contributed by atoms with E-state index in [1.165, 1.54) is 0 Å². The lowest BCUT2D eigenvalue weighted by atomic mass is 10.2. The van der Waals surface area contributed by atoms with E-state index in [-0.39, 0.29) is 5.97 Å². The number of carbonyl (C=O) groups excluding carboxylic acids is 1. The van der Waals surface area contributed by atoms with Crippen molar-refractivity contribution in [2.45, 2.75) is 6.42 Å². The van der Waals surface area contributed by atoms with E-state index in [9.17, 15) is 4.79 Å². The standard InChI is InChI=1S/C8H4I2O2/c9-5-1-2-6(10)8-4(5)3-7(11)12-8/h1-2H,3H2. The van der Waals surface area contributed by atoms with Crippen molar-refractivity contribution in [1.29, 1.82) is 0 Å². The van der Waals surface area contributed by atoms with E-state index in [1.54, 1.807) is 0 Å². The lowest BCUT2D eigenvalue weighted by Crippen LogP contribution is -2.00. The fraction of sp³-hybridized carbons (Fsp3) is 0.125. The molecule has 0 aromatic heterocycles. The zero-order chi connectivity index (χ0) is 8.72. The fourth-order valence-electron chi connectivity index (χ4n) is 1.14. The lowest BCUT2D eigenvalue weighted by molar-refractivity contribution is -0.131. The quantitative estimate of drug-likeness (QED) is 0.389. The topological polar surface area (TPSA) is 26.3 Å². The summed E-state index contributed by atoms with van der Waals surface area (Å²) in [5.74, 6) is 0.611. The molecule has 2 nitrogen and oxygen atoms in total. The molecule has 0 fully saturated rings. The highest BCUT2D eigenvalue weighted by molar-refractivity contribution is 14.1. The highest BCUT2D eigenvalue weighted by atomic mass is 127. The second kappa shape index (κ2) is 3.13. The zero-order valence-electron chi connectivity index (χ0n) is 5.93. The summed E-state index contributed by atoms with van der Waals surface area (Å²) < 4.78 is 7.18. The van der Waals surface area contributed by atoms with Crippen molar-refractivity contribution in [1.82, 2.24) is 0 Å². The van der Waals surface area contributed by atoms with Gasteiger partial charge in [-0.3, -0.25) is 4.79 Å². The van der Waals surface area contributed by atoms with Crippen molar-refractivity contribution in [3.63, 3.8) is 0 Å². The van der Waals surface area contributed by atoms with Crippen molar-refractivity contribution in [2.24, 2.45) is 0 Å². The Kier molecular flexibility index (Phi) is 2.28. The fourth-order valence-corrected chi connectivity index (χ4v) is 2.38.